The Kier molecular flexibility index (Phi) is 5.59. The summed E-state index contributed by atoms with van der Waals surface area (Å²) in [7, 11) is 0. The first kappa shape index (κ1) is 22.1. The molecule has 4 rings (SSSR count). The Morgan fingerprint density at radius 1 is 1.16 bits per heavy atom. The van der Waals surface area contributed by atoms with E-state index < -0.39 is 24.5 Å². The maximum Gasteiger partial charge on any atom is 0.422 e. The van der Waals surface area contributed by atoms with Crippen LogP contribution in [-0.4, -0.2) is 38.0 Å². The molecular formula is C20H14F6N4OS. The highest BCUT2D eigenvalue weighted by Gasteiger charge is 2.32. The lowest BCUT2D eigenvalue weighted by Crippen LogP contribution is -2.21. The largest absolute Gasteiger partial charge is 0.484 e. The van der Waals surface area contributed by atoms with Crippen LogP contribution in [0.3, 0.4) is 0 Å². The fraction of sp³-hybridized carbons (Fsp3) is 0.250. The van der Waals surface area contributed by atoms with Crippen molar-refractivity contribution in [2.45, 2.75) is 19.3 Å². The van der Waals surface area contributed by atoms with E-state index in [0.29, 0.717) is 22.1 Å². The molecule has 5 nitrogen and oxygen atoms in total. The number of halogens is 6. The minimum Gasteiger partial charge on any atom is -0.484 e. The summed E-state index contributed by atoms with van der Waals surface area (Å²) in [6.07, 6.45) is -2.20. The summed E-state index contributed by atoms with van der Waals surface area (Å²) in [5.74, 6) is 0.879. The number of allylic oxidation sites excluding steroid dienone is 3. The van der Waals surface area contributed by atoms with E-state index in [-0.39, 0.29) is 17.2 Å². The second-order valence-electron chi connectivity index (χ2n) is 6.62. The Balaban J connectivity index is 1.71. The number of alkyl halides is 6. The summed E-state index contributed by atoms with van der Waals surface area (Å²) in [6.45, 7) is 0.494. The first-order valence-corrected chi connectivity index (χ1v) is 10.2. The van der Waals surface area contributed by atoms with Gasteiger partial charge in [-0.25, -0.2) is 9.50 Å². The maximum atomic E-state index is 13.0. The van der Waals surface area contributed by atoms with Gasteiger partial charge in [0.2, 0.25) is 0 Å². The number of aromatic nitrogens is 3. The van der Waals surface area contributed by atoms with Gasteiger partial charge in [-0.3, -0.25) is 0 Å². The van der Waals surface area contributed by atoms with Crippen LogP contribution in [0, 0.1) is 0 Å². The first-order valence-electron chi connectivity index (χ1n) is 9.21. The molecule has 2 aromatic heterocycles. The number of fused-ring (bicyclic) bond motifs is 2. The van der Waals surface area contributed by atoms with Gasteiger partial charge in [0.15, 0.2) is 18.1 Å². The summed E-state index contributed by atoms with van der Waals surface area (Å²) in [6, 6.07) is 2.16. The summed E-state index contributed by atoms with van der Waals surface area (Å²) in [5.41, 5.74) is 3.31. The normalized spacial score (nSPS) is 16.4. The standard InChI is InChI=1S/C20H14F6N4OS/c1-2-32-18-15(17-27-16-6-3-12(20(24,25)26)10-30(16)28-17)5-4-13-9-14(7-8-29(13)18)31-11-19(21,22)23/h3,5-10H,2,11H2,1H3. The molecule has 32 heavy (non-hydrogen) atoms. The van der Waals surface area contributed by atoms with Crippen molar-refractivity contribution in [1.29, 1.82) is 0 Å². The van der Waals surface area contributed by atoms with Gasteiger partial charge >= 0.3 is 12.4 Å². The highest BCUT2D eigenvalue weighted by molar-refractivity contribution is 8.03. The van der Waals surface area contributed by atoms with E-state index in [1.165, 1.54) is 36.2 Å². The number of hydrogen-bond donors (Lipinski definition) is 0. The van der Waals surface area contributed by atoms with Crippen LogP contribution in [0.4, 0.5) is 26.3 Å². The van der Waals surface area contributed by atoms with Crippen LogP contribution in [0.2, 0.25) is 0 Å². The van der Waals surface area contributed by atoms with Crippen molar-refractivity contribution in [2.75, 3.05) is 12.4 Å². The van der Waals surface area contributed by atoms with Crippen LogP contribution in [-0.2, 0) is 10.9 Å². The van der Waals surface area contributed by atoms with Crippen molar-refractivity contribution in [2.24, 2.45) is 0 Å². The Morgan fingerprint density at radius 3 is 2.62 bits per heavy atom. The zero-order valence-electron chi connectivity index (χ0n) is 16.3. The molecule has 4 heterocycles. The molecule has 2 aromatic rings. The predicted octanol–water partition coefficient (Wildman–Crippen LogP) is 5.51. The van der Waals surface area contributed by atoms with E-state index in [9.17, 15) is 26.3 Å². The molecule has 0 radical (unpaired) electrons. The van der Waals surface area contributed by atoms with E-state index >= 15 is 0 Å². The minimum atomic E-state index is -4.51. The zero-order valence-corrected chi connectivity index (χ0v) is 17.1. The summed E-state index contributed by atoms with van der Waals surface area (Å²) in [4.78, 5) is 6.01. The SMILES string of the molecule is CCSC1=C(c2nc3ccc(C(F)(F)F)cn3n2)C=C=C2C=C(OCC(F)(F)F)C=CN21. The molecule has 0 bridgehead atoms. The lowest BCUT2D eigenvalue weighted by atomic mass is 10.1. The molecule has 0 N–H and O–H groups in total. The predicted molar refractivity (Wildman–Crippen MR) is 106 cm³/mol. The van der Waals surface area contributed by atoms with E-state index in [1.807, 2.05) is 6.92 Å². The Morgan fingerprint density at radius 2 is 1.94 bits per heavy atom. The smallest absolute Gasteiger partial charge is 0.422 e. The van der Waals surface area contributed by atoms with E-state index in [4.69, 9.17) is 4.74 Å². The molecule has 0 saturated heterocycles. The molecule has 0 aromatic carbocycles. The molecule has 0 amide bonds. The van der Waals surface area contributed by atoms with Gasteiger partial charge in [0.25, 0.3) is 0 Å². The van der Waals surface area contributed by atoms with Crippen LogP contribution < -0.4 is 0 Å². The van der Waals surface area contributed by atoms with E-state index in [1.54, 1.807) is 11.0 Å². The molecule has 0 aliphatic carbocycles. The Labute approximate surface area is 182 Å². The number of pyridine rings is 1. The lowest BCUT2D eigenvalue weighted by molar-refractivity contribution is -0.163. The Bertz CT molecular complexity index is 1210. The fourth-order valence-electron chi connectivity index (χ4n) is 2.97. The Hall–Kier alpha value is -3.11. The molecule has 0 atom stereocenters. The number of rotatable bonds is 5. The van der Waals surface area contributed by atoms with Gasteiger partial charge in [-0.05, 0) is 30.0 Å². The van der Waals surface area contributed by atoms with Crippen LogP contribution >= 0.6 is 11.8 Å². The summed E-state index contributed by atoms with van der Waals surface area (Å²) in [5, 5.41) is 4.85. The third-order valence-corrected chi connectivity index (χ3v) is 5.30. The summed E-state index contributed by atoms with van der Waals surface area (Å²) >= 11 is 1.42. The average Bonchev–Trinajstić information content (AvgIpc) is 3.14. The molecule has 2 aliphatic heterocycles. The quantitative estimate of drug-likeness (QED) is 0.424. The third kappa shape index (κ3) is 4.56. The third-order valence-electron chi connectivity index (χ3n) is 4.32. The van der Waals surface area contributed by atoms with Gasteiger partial charge in [0.1, 0.15) is 5.76 Å². The number of nitrogens with zero attached hydrogens (tertiary/aromatic N) is 4. The van der Waals surface area contributed by atoms with Gasteiger partial charge in [0, 0.05) is 18.5 Å². The molecule has 0 unspecified atom stereocenters. The molecule has 168 valence electrons. The van der Waals surface area contributed by atoms with Crippen molar-refractivity contribution in [3.8, 4) is 0 Å². The highest BCUT2D eigenvalue weighted by atomic mass is 32.2. The number of thioether (sulfide) groups is 1. The van der Waals surface area contributed by atoms with Gasteiger partial charge in [-0.1, -0.05) is 12.7 Å². The van der Waals surface area contributed by atoms with Gasteiger partial charge in [-0.2, -0.15) is 26.3 Å². The molecule has 2 aliphatic rings. The second kappa shape index (κ2) is 8.10. The molecular weight excluding hydrogens is 458 g/mol. The van der Waals surface area contributed by atoms with Crippen molar-refractivity contribution >= 4 is 23.0 Å². The maximum absolute atomic E-state index is 13.0. The van der Waals surface area contributed by atoms with E-state index in [2.05, 4.69) is 15.8 Å². The van der Waals surface area contributed by atoms with E-state index in [0.717, 1.165) is 16.8 Å². The zero-order chi connectivity index (χ0) is 23.1. The van der Waals surface area contributed by atoms with Crippen LogP contribution in [0.25, 0.3) is 11.2 Å². The van der Waals surface area contributed by atoms with Gasteiger partial charge in [0.05, 0.1) is 21.9 Å². The van der Waals surface area contributed by atoms with Crippen molar-refractivity contribution in [3.63, 3.8) is 0 Å². The van der Waals surface area contributed by atoms with Crippen molar-refractivity contribution < 1.29 is 31.1 Å². The topological polar surface area (TPSA) is 42.7 Å². The minimum absolute atomic E-state index is 0.0318. The van der Waals surface area contributed by atoms with Crippen molar-refractivity contribution in [1.82, 2.24) is 19.5 Å². The summed E-state index contributed by atoms with van der Waals surface area (Å²) < 4.78 is 82.1. The van der Waals surface area contributed by atoms with Gasteiger partial charge < -0.3 is 9.64 Å². The van der Waals surface area contributed by atoms with Crippen LogP contribution in [0.1, 0.15) is 18.3 Å². The molecule has 0 spiro atoms. The van der Waals surface area contributed by atoms with Crippen molar-refractivity contribution in [3.05, 3.63) is 76.4 Å². The highest BCUT2D eigenvalue weighted by Crippen LogP contribution is 2.37. The van der Waals surface area contributed by atoms with Crippen LogP contribution in [0.5, 0.6) is 0 Å². The molecule has 12 heteroatoms. The van der Waals surface area contributed by atoms with Gasteiger partial charge in [-0.15, -0.1) is 16.9 Å². The monoisotopic (exact) mass is 472 g/mol. The molecule has 0 saturated carbocycles. The lowest BCUT2D eigenvalue weighted by Gasteiger charge is -2.29. The number of hydrogen-bond acceptors (Lipinski definition) is 5. The average molecular weight is 472 g/mol. The molecule has 0 fully saturated rings. The van der Waals surface area contributed by atoms with Crippen LogP contribution in [0.15, 0.2) is 65.0 Å². The number of ether oxygens (including phenoxy) is 1. The first-order chi connectivity index (χ1) is 15.0. The second-order valence-corrected chi connectivity index (χ2v) is 7.87. The fourth-order valence-corrected chi connectivity index (χ4v) is 3.85.